The number of ether oxygens (including phenoxy) is 2. The average molecular weight is 362 g/mol. The Bertz CT molecular complexity index is 540. The molecule has 146 valence electrons. The number of nitrogens with zero attached hydrogens (tertiary/aromatic N) is 1. The summed E-state index contributed by atoms with van der Waals surface area (Å²) < 4.78 is 10.5. The van der Waals surface area contributed by atoms with Crippen LogP contribution in [-0.2, 0) is 9.53 Å². The van der Waals surface area contributed by atoms with Crippen molar-refractivity contribution in [3.63, 3.8) is 0 Å². The van der Waals surface area contributed by atoms with Gasteiger partial charge >= 0.3 is 5.97 Å². The molecule has 1 aromatic rings. The number of carbonyl (C=O) groups excluding carboxylic acids is 1. The van der Waals surface area contributed by atoms with Gasteiger partial charge in [0.25, 0.3) is 0 Å². The molecule has 1 aromatic heterocycles. The van der Waals surface area contributed by atoms with Gasteiger partial charge in [0.15, 0.2) is 0 Å². The lowest BCUT2D eigenvalue weighted by Crippen LogP contribution is -2.01. The number of methoxy groups -OCH3 is 1. The summed E-state index contributed by atoms with van der Waals surface area (Å²) in [6.07, 6.45) is 16.1. The van der Waals surface area contributed by atoms with E-state index < -0.39 is 5.97 Å². The molecule has 0 amide bonds. The van der Waals surface area contributed by atoms with Crippen molar-refractivity contribution in [1.29, 1.82) is 0 Å². The lowest BCUT2D eigenvalue weighted by molar-refractivity contribution is -0.134. The topological polar surface area (TPSA) is 48.4 Å². The van der Waals surface area contributed by atoms with Crippen molar-refractivity contribution in [2.75, 3.05) is 13.7 Å². The number of rotatable bonds is 14. The molecule has 4 nitrogen and oxygen atoms in total. The monoisotopic (exact) mass is 361 g/mol. The normalized spacial score (nSPS) is 11.0. The number of unbranched alkanes of at least 4 members (excludes halogenated alkanes) is 9. The maximum Gasteiger partial charge on any atom is 0.330 e. The van der Waals surface area contributed by atoms with Gasteiger partial charge in [0.1, 0.15) is 11.4 Å². The molecular weight excluding hydrogens is 326 g/mol. The molecule has 0 aromatic carbocycles. The Morgan fingerprint density at radius 1 is 1.00 bits per heavy atom. The summed E-state index contributed by atoms with van der Waals surface area (Å²) in [7, 11) is 1.36. The molecule has 0 saturated carbocycles. The van der Waals surface area contributed by atoms with Gasteiger partial charge in [0.05, 0.1) is 13.7 Å². The lowest BCUT2D eigenvalue weighted by atomic mass is 10.1. The number of aryl methyl sites for hydroxylation is 1. The van der Waals surface area contributed by atoms with E-state index in [1.165, 1.54) is 71.0 Å². The fourth-order valence-electron chi connectivity index (χ4n) is 2.79. The summed E-state index contributed by atoms with van der Waals surface area (Å²) >= 11 is 0. The Balaban J connectivity index is 2.22. The molecule has 1 heterocycles. The second kappa shape index (κ2) is 14.3. The van der Waals surface area contributed by atoms with E-state index in [1.54, 1.807) is 6.08 Å². The second-order valence-corrected chi connectivity index (χ2v) is 6.72. The van der Waals surface area contributed by atoms with Crippen LogP contribution in [-0.4, -0.2) is 24.7 Å². The van der Waals surface area contributed by atoms with Crippen LogP contribution in [0.25, 0.3) is 6.08 Å². The van der Waals surface area contributed by atoms with Gasteiger partial charge in [-0.2, -0.15) is 0 Å². The zero-order valence-corrected chi connectivity index (χ0v) is 16.8. The molecule has 0 unspecified atom stereocenters. The van der Waals surface area contributed by atoms with Crippen molar-refractivity contribution in [3.05, 3.63) is 29.6 Å². The van der Waals surface area contributed by atoms with Gasteiger partial charge in [-0.15, -0.1) is 0 Å². The molecule has 0 atom stereocenters. The van der Waals surface area contributed by atoms with Crippen LogP contribution in [0.4, 0.5) is 0 Å². The predicted octanol–water partition coefficient (Wildman–Crippen LogP) is 5.88. The molecule has 26 heavy (non-hydrogen) atoms. The van der Waals surface area contributed by atoms with Gasteiger partial charge in [0, 0.05) is 11.8 Å². The molecule has 1 rings (SSSR count). The van der Waals surface area contributed by atoms with Gasteiger partial charge in [0.2, 0.25) is 0 Å². The summed E-state index contributed by atoms with van der Waals surface area (Å²) in [5.41, 5.74) is 1.56. The molecule has 0 bridgehead atoms. The lowest BCUT2D eigenvalue weighted by Gasteiger charge is -2.09. The van der Waals surface area contributed by atoms with E-state index in [4.69, 9.17) is 4.74 Å². The fraction of sp³-hybridized carbons (Fsp3) is 0.636. The highest BCUT2D eigenvalue weighted by atomic mass is 16.5. The minimum absolute atomic E-state index is 0.394. The first kappa shape index (κ1) is 22.2. The van der Waals surface area contributed by atoms with E-state index in [1.807, 2.05) is 19.1 Å². The summed E-state index contributed by atoms with van der Waals surface area (Å²) in [6, 6.07) is 3.83. The van der Waals surface area contributed by atoms with E-state index in [0.29, 0.717) is 18.1 Å². The summed E-state index contributed by atoms with van der Waals surface area (Å²) in [6.45, 7) is 4.86. The third kappa shape index (κ3) is 10.2. The van der Waals surface area contributed by atoms with Crippen molar-refractivity contribution in [2.45, 2.75) is 78.1 Å². The molecule has 0 spiro atoms. The van der Waals surface area contributed by atoms with Gasteiger partial charge in [-0.1, -0.05) is 64.7 Å². The summed E-state index contributed by atoms with van der Waals surface area (Å²) in [5, 5.41) is 0. The molecule has 4 heteroatoms. The van der Waals surface area contributed by atoms with E-state index in [2.05, 4.69) is 16.6 Å². The Morgan fingerprint density at radius 2 is 1.62 bits per heavy atom. The average Bonchev–Trinajstić information content (AvgIpc) is 2.65. The molecule has 0 N–H and O–H groups in total. The van der Waals surface area contributed by atoms with Crippen molar-refractivity contribution in [3.8, 4) is 5.75 Å². The van der Waals surface area contributed by atoms with Crippen LogP contribution < -0.4 is 4.74 Å². The molecule has 0 radical (unpaired) electrons. The van der Waals surface area contributed by atoms with Gasteiger partial charge < -0.3 is 9.47 Å². The first-order valence-corrected chi connectivity index (χ1v) is 10.0. The van der Waals surface area contributed by atoms with E-state index in [9.17, 15) is 4.79 Å². The molecule has 0 saturated heterocycles. The molecule has 0 aliphatic heterocycles. The van der Waals surface area contributed by atoms with Crippen LogP contribution in [0.1, 0.15) is 82.5 Å². The number of pyridine rings is 1. The Morgan fingerprint density at radius 3 is 2.23 bits per heavy atom. The van der Waals surface area contributed by atoms with Crippen molar-refractivity contribution < 1.29 is 14.3 Å². The van der Waals surface area contributed by atoms with Crippen LogP contribution in [0.5, 0.6) is 5.75 Å². The second-order valence-electron chi connectivity index (χ2n) is 6.72. The number of hydrogen-bond donors (Lipinski definition) is 0. The van der Waals surface area contributed by atoms with Crippen LogP contribution in [0.2, 0.25) is 0 Å². The van der Waals surface area contributed by atoms with Crippen molar-refractivity contribution in [1.82, 2.24) is 4.98 Å². The maximum atomic E-state index is 11.3. The minimum atomic E-state index is -0.394. The van der Waals surface area contributed by atoms with Crippen LogP contribution >= 0.6 is 0 Å². The molecule has 0 aliphatic carbocycles. The molecule has 0 aliphatic rings. The van der Waals surface area contributed by atoms with E-state index in [-0.39, 0.29) is 0 Å². The first-order valence-electron chi connectivity index (χ1n) is 10.0. The highest BCUT2D eigenvalue weighted by Gasteiger charge is 2.04. The number of esters is 1. The number of carbonyl (C=O) groups is 1. The quantitative estimate of drug-likeness (QED) is 0.236. The third-order valence-electron chi connectivity index (χ3n) is 4.36. The van der Waals surface area contributed by atoms with E-state index in [0.717, 1.165) is 12.1 Å². The van der Waals surface area contributed by atoms with Crippen LogP contribution in [0.3, 0.4) is 0 Å². The maximum absolute atomic E-state index is 11.3. The minimum Gasteiger partial charge on any atom is -0.491 e. The number of aromatic nitrogens is 1. The highest BCUT2D eigenvalue weighted by molar-refractivity contribution is 5.87. The zero-order chi connectivity index (χ0) is 19.0. The van der Waals surface area contributed by atoms with Crippen LogP contribution in [0.15, 0.2) is 18.2 Å². The van der Waals surface area contributed by atoms with Gasteiger partial charge in [-0.25, -0.2) is 9.78 Å². The largest absolute Gasteiger partial charge is 0.491 e. The standard InChI is InChI=1S/C22H35NO3/c1-4-5-6-7-8-9-10-11-12-13-18-26-21-16-14-19(2)23-20(21)15-17-22(24)25-3/h14-17H,4-13,18H2,1-3H3/b17-15+. The van der Waals surface area contributed by atoms with Crippen molar-refractivity contribution >= 4 is 12.0 Å². The summed E-state index contributed by atoms with van der Waals surface area (Å²) in [4.78, 5) is 15.7. The summed E-state index contributed by atoms with van der Waals surface area (Å²) in [5.74, 6) is 0.320. The number of hydrogen-bond acceptors (Lipinski definition) is 4. The smallest absolute Gasteiger partial charge is 0.330 e. The Hall–Kier alpha value is -1.84. The zero-order valence-electron chi connectivity index (χ0n) is 16.8. The predicted molar refractivity (Wildman–Crippen MR) is 107 cm³/mol. The molecule has 0 fully saturated rings. The Labute approximate surface area is 159 Å². The third-order valence-corrected chi connectivity index (χ3v) is 4.36. The van der Waals surface area contributed by atoms with Crippen LogP contribution in [0, 0.1) is 6.92 Å². The molecular formula is C22H35NO3. The van der Waals surface area contributed by atoms with Crippen molar-refractivity contribution in [2.24, 2.45) is 0 Å². The SMILES string of the molecule is CCCCCCCCCCCCOc1ccc(C)nc1/C=C/C(=O)OC. The van der Waals surface area contributed by atoms with Gasteiger partial charge in [-0.3, -0.25) is 0 Å². The van der Waals surface area contributed by atoms with E-state index >= 15 is 0 Å². The highest BCUT2D eigenvalue weighted by Crippen LogP contribution is 2.19. The fourth-order valence-corrected chi connectivity index (χ4v) is 2.79. The van der Waals surface area contributed by atoms with Gasteiger partial charge in [-0.05, 0) is 31.6 Å². The Kier molecular flexibility index (Phi) is 12.2. The first-order chi connectivity index (χ1) is 12.7.